The van der Waals surface area contributed by atoms with Crippen LogP contribution in [-0.4, -0.2) is 23.1 Å². The van der Waals surface area contributed by atoms with E-state index in [4.69, 9.17) is 0 Å². The molecular formula is C19H29NOS. The quantitative estimate of drug-likeness (QED) is 0.700. The molecule has 22 heavy (non-hydrogen) atoms. The lowest BCUT2D eigenvalue weighted by Gasteiger charge is -2.25. The summed E-state index contributed by atoms with van der Waals surface area (Å²) < 4.78 is 0. The highest BCUT2D eigenvalue weighted by Crippen LogP contribution is 2.39. The van der Waals surface area contributed by atoms with Crippen molar-refractivity contribution in [2.45, 2.75) is 64.2 Å². The summed E-state index contributed by atoms with van der Waals surface area (Å²) in [5.41, 5.74) is 2.79. The number of benzene rings is 1. The second kappa shape index (κ2) is 7.54. The van der Waals surface area contributed by atoms with Gasteiger partial charge in [0.2, 0.25) is 5.91 Å². The zero-order valence-corrected chi connectivity index (χ0v) is 15.2. The van der Waals surface area contributed by atoms with Gasteiger partial charge in [0.05, 0.1) is 0 Å². The van der Waals surface area contributed by atoms with E-state index in [0.717, 1.165) is 25.1 Å². The van der Waals surface area contributed by atoms with E-state index < -0.39 is 0 Å². The Labute approximate surface area is 139 Å². The van der Waals surface area contributed by atoms with Gasteiger partial charge in [-0.1, -0.05) is 64.8 Å². The Kier molecular flexibility index (Phi) is 5.96. The van der Waals surface area contributed by atoms with Crippen molar-refractivity contribution in [2.24, 2.45) is 0 Å². The lowest BCUT2D eigenvalue weighted by Crippen LogP contribution is -2.30. The van der Waals surface area contributed by atoms with E-state index in [1.807, 2.05) is 11.8 Å². The molecule has 0 aromatic heterocycles. The smallest absolute Gasteiger partial charge is 0.223 e. The minimum Gasteiger partial charge on any atom is -0.326 e. The van der Waals surface area contributed by atoms with Gasteiger partial charge in [-0.25, -0.2) is 0 Å². The summed E-state index contributed by atoms with van der Waals surface area (Å²) in [5.74, 6) is 1.37. The molecule has 122 valence electrons. The molecule has 3 heteroatoms. The monoisotopic (exact) mass is 319 g/mol. The van der Waals surface area contributed by atoms with E-state index in [1.54, 1.807) is 0 Å². The van der Waals surface area contributed by atoms with E-state index >= 15 is 0 Å². The van der Waals surface area contributed by atoms with Crippen molar-refractivity contribution in [2.75, 3.05) is 12.3 Å². The van der Waals surface area contributed by atoms with Crippen LogP contribution in [-0.2, 0) is 10.2 Å². The van der Waals surface area contributed by atoms with E-state index in [-0.39, 0.29) is 10.8 Å². The standard InChI is InChI=1S/C19H29NOS/c1-5-6-7-8-17(21)20-13-14-22-18(20)15-9-11-16(12-10-15)19(2,3)4/h9-12,18H,5-8,13-14H2,1-4H3/t18-/m1/s1. The molecular weight excluding hydrogens is 290 g/mol. The van der Waals surface area contributed by atoms with Gasteiger partial charge in [0.1, 0.15) is 5.37 Å². The molecule has 0 N–H and O–H groups in total. The van der Waals surface area contributed by atoms with Crippen LogP contribution in [0.3, 0.4) is 0 Å². The highest BCUT2D eigenvalue weighted by Gasteiger charge is 2.30. The van der Waals surface area contributed by atoms with Crippen molar-refractivity contribution in [1.82, 2.24) is 4.90 Å². The minimum atomic E-state index is 0.178. The van der Waals surface area contributed by atoms with Gasteiger partial charge in [-0.05, 0) is 23.0 Å². The molecule has 0 aliphatic carbocycles. The fourth-order valence-corrected chi connectivity index (χ4v) is 4.10. The van der Waals surface area contributed by atoms with Crippen molar-refractivity contribution in [3.63, 3.8) is 0 Å². The molecule has 1 aromatic rings. The molecule has 1 aliphatic heterocycles. The second-order valence-corrected chi connectivity index (χ2v) is 8.33. The minimum absolute atomic E-state index is 0.178. The molecule has 1 amide bonds. The molecule has 0 spiro atoms. The Morgan fingerprint density at radius 1 is 1.23 bits per heavy atom. The van der Waals surface area contributed by atoms with Gasteiger partial charge >= 0.3 is 0 Å². The van der Waals surface area contributed by atoms with Crippen LogP contribution in [0.25, 0.3) is 0 Å². The average Bonchev–Trinajstić information content (AvgIpc) is 2.96. The first-order valence-corrected chi connectivity index (χ1v) is 9.50. The molecule has 1 fully saturated rings. The van der Waals surface area contributed by atoms with Crippen LogP contribution < -0.4 is 0 Å². The van der Waals surface area contributed by atoms with Crippen LogP contribution in [0.2, 0.25) is 0 Å². The summed E-state index contributed by atoms with van der Waals surface area (Å²) in [6.07, 6.45) is 4.04. The fourth-order valence-electron chi connectivity index (χ4n) is 2.82. The predicted octanol–water partition coefficient (Wildman–Crippen LogP) is 5.14. The number of nitrogens with zero attached hydrogens (tertiary/aromatic N) is 1. The number of thioether (sulfide) groups is 1. The number of carbonyl (C=O) groups is 1. The van der Waals surface area contributed by atoms with Crippen LogP contribution in [0.15, 0.2) is 24.3 Å². The molecule has 1 aromatic carbocycles. The summed E-state index contributed by atoms with van der Waals surface area (Å²) in [4.78, 5) is 14.5. The first-order chi connectivity index (χ1) is 10.4. The Morgan fingerprint density at radius 2 is 1.91 bits per heavy atom. The number of hydrogen-bond donors (Lipinski definition) is 0. The Hall–Kier alpha value is -0.960. The lowest BCUT2D eigenvalue weighted by atomic mass is 9.86. The van der Waals surface area contributed by atoms with Gasteiger partial charge in [-0.2, -0.15) is 0 Å². The van der Waals surface area contributed by atoms with Gasteiger partial charge < -0.3 is 4.90 Å². The van der Waals surface area contributed by atoms with Gasteiger partial charge in [0, 0.05) is 18.7 Å². The second-order valence-electron chi connectivity index (χ2n) is 7.14. The zero-order valence-electron chi connectivity index (χ0n) is 14.4. The van der Waals surface area contributed by atoms with Crippen molar-refractivity contribution in [3.8, 4) is 0 Å². The highest BCUT2D eigenvalue weighted by atomic mass is 32.2. The number of carbonyl (C=O) groups excluding carboxylic acids is 1. The van der Waals surface area contributed by atoms with Crippen molar-refractivity contribution in [1.29, 1.82) is 0 Å². The summed E-state index contributed by atoms with van der Waals surface area (Å²) in [6, 6.07) is 8.84. The molecule has 1 aliphatic rings. The van der Waals surface area contributed by atoms with E-state index in [9.17, 15) is 4.79 Å². The Balaban J connectivity index is 2.05. The summed E-state index contributed by atoms with van der Waals surface area (Å²) in [6.45, 7) is 9.76. The lowest BCUT2D eigenvalue weighted by molar-refractivity contribution is -0.131. The Morgan fingerprint density at radius 3 is 2.50 bits per heavy atom. The van der Waals surface area contributed by atoms with Crippen LogP contribution in [0.5, 0.6) is 0 Å². The van der Waals surface area contributed by atoms with E-state index in [1.165, 1.54) is 17.5 Å². The summed E-state index contributed by atoms with van der Waals surface area (Å²) in [5, 5.41) is 0.211. The topological polar surface area (TPSA) is 20.3 Å². The van der Waals surface area contributed by atoms with E-state index in [0.29, 0.717) is 12.3 Å². The van der Waals surface area contributed by atoms with Gasteiger partial charge in [-0.15, -0.1) is 11.8 Å². The molecule has 1 heterocycles. The number of hydrogen-bond acceptors (Lipinski definition) is 2. The number of amides is 1. The van der Waals surface area contributed by atoms with Gasteiger partial charge in [-0.3, -0.25) is 4.79 Å². The van der Waals surface area contributed by atoms with Crippen LogP contribution in [0.4, 0.5) is 0 Å². The normalized spacial score (nSPS) is 18.7. The summed E-state index contributed by atoms with van der Waals surface area (Å²) in [7, 11) is 0. The first-order valence-electron chi connectivity index (χ1n) is 8.45. The van der Waals surface area contributed by atoms with Gasteiger partial charge in [0.15, 0.2) is 0 Å². The third-order valence-electron chi connectivity index (χ3n) is 4.27. The maximum Gasteiger partial charge on any atom is 0.223 e. The van der Waals surface area contributed by atoms with Crippen molar-refractivity contribution < 1.29 is 4.79 Å². The zero-order chi connectivity index (χ0) is 16.2. The first kappa shape index (κ1) is 17.4. The average molecular weight is 320 g/mol. The van der Waals surface area contributed by atoms with Gasteiger partial charge in [0.25, 0.3) is 0 Å². The molecule has 0 saturated carbocycles. The molecule has 2 rings (SSSR count). The van der Waals surface area contributed by atoms with Crippen LogP contribution >= 0.6 is 11.8 Å². The predicted molar refractivity (Wildman–Crippen MR) is 96.2 cm³/mol. The molecule has 1 atom stereocenters. The maximum absolute atomic E-state index is 12.4. The SMILES string of the molecule is CCCCCC(=O)N1CCS[C@@H]1c1ccc(C(C)(C)C)cc1. The van der Waals surface area contributed by atoms with E-state index in [2.05, 4.69) is 56.9 Å². The maximum atomic E-state index is 12.4. The fraction of sp³-hybridized carbons (Fsp3) is 0.632. The van der Waals surface area contributed by atoms with Crippen molar-refractivity contribution >= 4 is 17.7 Å². The third kappa shape index (κ3) is 4.28. The summed E-state index contributed by atoms with van der Waals surface area (Å²) >= 11 is 1.89. The number of rotatable bonds is 5. The molecule has 0 bridgehead atoms. The molecule has 0 radical (unpaired) electrons. The highest BCUT2D eigenvalue weighted by molar-refractivity contribution is 7.99. The van der Waals surface area contributed by atoms with Crippen LogP contribution in [0.1, 0.15) is 69.9 Å². The Bertz CT molecular complexity index is 489. The molecule has 0 unspecified atom stereocenters. The molecule has 2 nitrogen and oxygen atoms in total. The number of unbranched alkanes of at least 4 members (excludes halogenated alkanes) is 2. The molecule has 1 saturated heterocycles. The third-order valence-corrected chi connectivity index (χ3v) is 5.53. The van der Waals surface area contributed by atoms with Crippen LogP contribution in [0, 0.1) is 0 Å². The van der Waals surface area contributed by atoms with Crippen molar-refractivity contribution in [3.05, 3.63) is 35.4 Å². The largest absolute Gasteiger partial charge is 0.326 e.